The number of ether oxygens (including phenoxy) is 2. The molecule has 1 fully saturated rings. The topological polar surface area (TPSA) is 55.8 Å². The fourth-order valence-electron chi connectivity index (χ4n) is 3.02. The maximum atomic E-state index is 11.4. The summed E-state index contributed by atoms with van der Waals surface area (Å²) in [5.74, 6) is 0.431. The number of hydrogen-bond donors (Lipinski definition) is 1. The minimum absolute atomic E-state index is 0.0865. The monoisotopic (exact) mass is 292 g/mol. The summed E-state index contributed by atoms with van der Waals surface area (Å²) in [7, 11) is 0. The Morgan fingerprint density at radius 1 is 1.29 bits per heavy atom. The molecule has 0 radical (unpaired) electrons. The van der Waals surface area contributed by atoms with E-state index in [4.69, 9.17) is 9.47 Å². The van der Waals surface area contributed by atoms with E-state index in [2.05, 4.69) is 6.92 Å². The molecule has 0 amide bonds. The molecule has 4 nitrogen and oxygen atoms in total. The van der Waals surface area contributed by atoms with E-state index in [9.17, 15) is 9.90 Å². The molecule has 116 valence electrons. The molecule has 1 saturated carbocycles. The quantitative estimate of drug-likeness (QED) is 0.856. The first kappa shape index (κ1) is 15.7. The van der Waals surface area contributed by atoms with E-state index in [1.807, 2.05) is 6.92 Å². The van der Waals surface area contributed by atoms with Crippen LogP contribution in [-0.4, -0.2) is 23.8 Å². The van der Waals surface area contributed by atoms with E-state index >= 15 is 0 Å². The summed E-state index contributed by atoms with van der Waals surface area (Å²) >= 11 is 0. The summed E-state index contributed by atoms with van der Waals surface area (Å²) in [4.78, 5) is 11.4. The van der Waals surface area contributed by atoms with Gasteiger partial charge in [-0.15, -0.1) is 0 Å². The Bertz CT molecular complexity index is 484. The lowest BCUT2D eigenvalue weighted by molar-refractivity contribution is 0.0656. The highest BCUT2D eigenvalue weighted by Gasteiger charge is 2.28. The number of para-hydroxylation sites is 1. The van der Waals surface area contributed by atoms with Crippen molar-refractivity contribution in [3.63, 3.8) is 0 Å². The lowest BCUT2D eigenvalue weighted by Crippen LogP contribution is -2.30. The first-order valence-electron chi connectivity index (χ1n) is 7.83. The van der Waals surface area contributed by atoms with Gasteiger partial charge in [-0.2, -0.15) is 0 Å². The van der Waals surface area contributed by atoms with Crippen LogP contribution >= 0.6 is 0 Å². The van der Waals surface area contributed by atoms with Crippen LogP contribution in [0.5, 0.6) is 11.5 Å². The lowest BCUT2D eigenvalue weighted by atomic mass is 9.84. The van der Waals surface area contributed by atoms with Crippen LogP contribution in [0.4, 0.5) is 0 Å². The summed E-state index contributed by atoms with van der Waals surface area (Å²) in [6.45, 7) is 4.53. The van der Waals surface area contributed by atoms with Crippen molar-refractivity contribution in [2.75, 3.05) is 6.61 Å². The highest BCUT2D eigenvalue weighted by atomic mass is 16.5. The van der Waals surface area contributed by atoms with Crippen LogP contribution in [0.15, 0.2) is 18.2 Å². The van der Waals surface area contributed by atoms with Crippen molar-refractivity contribution in [2.45, 2.75) is 52.1 Å². The van der Waals surface area contributed by atoms with Crippen molar-refractivity contribution in [1.29, 1.82) is 0 Å². The molecule has 2 atom stereocenters. The Balaban J connectivity index is 2.29. The van der Waals surface area contributed by atoms with Gasteiger partial charge in [-0.05, 0) is 50.7 Å². The molecule has 1 aromatic rings. The molecule has 0 heterocycles. The molecule has 2 rings (SSSR count). The van der Waals surface area contributed by atoms with Gasteiger partial charge in [0.1, 0.15) is 11.7 Å². The van der Waals surface area contributed by atoms with Gasteiger partial charge < -0.3 is 14.6 Å². The lowest BCUT2D eigenvalue weighted by Gasteiger charge is -2.32. The minimum Gasteiger partial charge on any atom is -0.490 e. The SMILES string of the molecule is CCOc1cccc(C(=O)O)c1OC1CCCCC1CC. The number of hydrogen-bond acceptors (Lipinski definition) is 3. The highest BCUT2D eigenvalue weighted by Crippen LogP contribution is 2.37. The normalized spacial score (nSPS) is 21.8. The van der Waals surface area contributed by atoms with Gasteiger partial charge in [0.05, 0.1) is 6.61 Å². The summed E-state index contributed by atoms with van der Waals surface area (Å²) in [6, 6.07) is 5.04. The van der Waals surface area contributed by atoms with Gasteiger partial charge in [-0.25, -0.2) is 4.79 Å². The fraction of sp³-hybridized carbons (Fsp3) is 0.588. The van der Waals surface area contributed by atoms with Gasteiger partial charge in [0, 0.05) is 0 Å². The molecular weight excluding hydrogens is 268 g/mol. The van der Waals surface area contributed by atoms with Crippen LogP contribution in [0.1, 0.15) is 56.3 Å². The van der Waals surface area contributed by atoms with Crippen molar-refractivity contribution in [1.82, 2.24) is 0 Å². The Morgan fingerprint density at radius 2 is 2.05 bits per heavy atom. The third-order valence-electron chi connectivity index (χ3n) is 4.14. The second-order valence-corrected chi connectivity index (χ2v) is 5.48. The molecule has 0 aliphatic heterocycles. The number of carbonyl (C=O) groups is 1. The van der Waals surface area contributed by atoms with E-state index in [1.165, 1.54) is 6.42 Å². The summed E-state index contributed by atoms with van der Waals surface area (Å²) in [5, 5.41) is 9.38. The highest BCUT2D eigenvalue weighted by molar-refractivity contribution is 5.92. The molecule has 1 N–H and O–H groups in total. The number of carboxylic acids is 1. The van der Waals surface area contributed by atoms with Crippen LogP contribution in [0.25, 0.3) is 0 Å². The summed E-state index contributed by atoms with van der Waals surface area (Å²) < 4.78 is 11.7. The second-order valence-electron chi connectivity index (χ2n) is 5.48. The van der Waals surface area contributed by atoms with Crippen LogP contribution in [0, 0.1) is 5.92 Å². The molecule has 0 aromatic heterocycles. The maximum absolute atomic E-state index is 11.4. The molecule has 1 aliphatic rings. The molecule has 1 aromatic carbocycles. The molecule has 4 heteroatoms. The molecule has 0 bridgehead atoms. The maximum Gasteiger partial charge on any atom is 0.339 e. The number of rotatable bonds is 6. The first-order chi connectivity index (χ1) is 10.2. The van der Waals surface area contributed by atoms with E-state index in [0.717, 1.165) is 25.7 Å². The zero-order chi connectivity index (χ0) is 15.2. The van der Waals surface area contributed by atoms with Gasteiger partial charge in [-0.1, -0.05) is 19.4 Å². The van der Waals surface area contributed by atoms with Gasteiger partial charge in [-0.3, -0.25) is 0 Å². The smallest absolute Gasteiger partial charge is 0.339 e. The zero-order valence-electron chi connectivity index (χ0n) is 12.8. The predicted molar refractivity (Wildman–Crippen MR) is 81.2 cm³/mol. The Labute approximate surface area is 126 Å². The Kier molecular flexibility index (Phi) is 5.48. The predicted octanol–water partition coefficient (Wildman–Crippen LogP) is 4.13. The fourth-order valence-corrected chi connectivity index (χ4v) is 3.02. The number of carboxylic acid groups (broad SMARTS) is 1. The van der Waals surface area contributed by atoms with Gasteiger partial charge >= 0.3 is 5.97 Å². The van der Waals surface area contributed by atoms with Crippen molar-refractivity contribution < 1.29 is 19.4 Å². The average molecular weight is 292 g/mol. The molecule has 0 spiro atoms. The van der Waals surface area contributed by atoms with Crippen LogP contribution < -0.4 is 9.47 Å². The molecule has 0 saturated heterocycles. The molecule has 1 aliphatic carbocycles. The van der Waals surface area contributed by atoms with Gasteiger partial charge in [0.25, 0.3) is 0 Å². The van der Waals surface area contributed by atoms with E-state index in [-0.39, 0.29) is 11.7 Å². The summed E-state index contributed by atoms with van der Waals surface area (Å²) in [5.41, 5.74) is 0.182. The molecule has 2 unspecified atom stereocenters. The van der Waals surface area contributed by atoms with Gasteiger partial charge in [0.15, 0.2) is 11.5 Å². The van der Waals surface area contributed by atoms with E-state index < -0.39 is 5.97 Å². The average Bonchev–Trinajstić information content (AvgIpc) is 2.49. The standard InChI is InChI=1S/C17H24O4/c1-3-12-8-5-6-10-14(12)21-16-13(17(18)19)9-7-11-15(16)20-4-2/h7,9,11-12,14H,3-6,8,10H2,1-2H3,(H,18,19). The Morgan fingerprint density at radius 3 is 2.71 bits per heavy atom. The third kappa shape index (κ3) is 3.69. The van der Waals surface area contributed by atoms with Crippen LogP contribution in [0.3, 0.4) is 0 Å². The first-order valence-corrected chi connectivity index (χ1v) is 7.83. The largest absolute Gasteiger partial charge is 0.490 e. The minimum atomic E-state index is -0.976. The second kappa shape index (κ2) is 7.34. The van der Waals surface area contributed by atoms with Crippen LogP contribution in [0.2, 0.25) is 0 Å². The molecule has 21 heavy (non-hydrogen) atoms. The van der Waals surface area contributed by atoms with Crippen molar-refractivity contribution in [3.8, 4) is 11.5 Å². The third-order valence-corrected chi connectivity index (χ3v) is 4.14. The van der Waals surface area contributed by atoms with Crippen molar-refractivity contribution in [2.24, 2.45) is 5.92 Å². The van der Waals surface area contributed by atoms with Crippen molar-refractivity contribution >= 4 is 5.97 Å². The molecular formula is C17H24O4. The van der Waals surface area contributed by atoms with Crippen molar-refractivity contribution in [3.05, 3.63) is 23.8 Å². The Hall–Kier alpha value is -1.71. The zero-order valence-corrected chi connectivity index (χ0v) is 12.8. The van der Waals surface area contributed by atoms with Gasteiger partial charge in [0.2, 0.25) is 0 Å². The number of aromatic carboxylic acids is 1. The number of benzene rings is 1. The summed E-state index contributed by atoms with van der Waals surface area (Å²) in [6.07, 6.45) is 5.66. The van der Waals surface area contributed by atoms with Crippen LogP contribution in [-0.2, 0) is 0 Å². The van der Waals surface area contributed by atoms with E-state index in [1.54, 1.807) is 18.2 Å². The van der Waals surface area contributed by atoms with E-state index in [0.29, 0.717) is 24.0 Å².